The topological polar surface area (TPSA) is 71.3 Å². The molecule has 128 valence electrons. The SMILES string of the molecule is CCn1c(C(=O)O)c(CC(=O)Nc2cccc(Cl)c2)c2ccccc21. The van der Waals surface area contributed by atoms with Gasteiger partial charge in [-0.2, -0.15) is 0 Å². The number of nitrogens with zero attached hydrogens (tertiary/aromatic N) is 1. The summed E-state index contributed by atoms with van der Waals surface area (Å²) in [7, 11) is 0. The Morgan fingerprint density at radius 2 is 1.92 bits per heavy atom. The Hall–Kier alpha value is -2.79. The van der Waals surface area contributed by atoms with Crippen molar-refractivity contribution >= 4 is 40.1 Å². The first kappa shape index (κ1) is 17.0. The second-order valence-electron chi connectivity index (χ2n) is 5.63. The highest BCUT2D eigenvalue weighted by atomic mass is 35.5. The number of carbonyl (C=O) groups is 2. The third-order valence-corrected chi connectivity index (χ3v) is 4.28. The van der Waals surface area contributed by atoms with Crippen LogP contribution in [0.25, 0.3) is 10.9 Å². The monoisotopic (exact) mass is 356 g/mol. The summed E-state index contributed by atoms with van der Waals surface area (Å²) in [5.74, 6) is -1.33. The number of aryl methyl sites for hydroxylation is 1. The molecule has 0 unspecified atom stereocenters. The number of carboxylic acids is 1. The lowest BCUT2D eigenvalue weighted by atomic mass is 10.1. The molecule has 3 rings (SSSR count). The molecule has 25 heavy (non-hydrogen) atoms. The molecular formula is C19H17ClN2O3. The van der Waals surface area contributed by atoms with E-state index in [9.17, 15) is 14.7 Å². The zero-order chi connectivity index (χ0) is 18.0. The van der Waals surface area contributed by atoms with Crippen LogP contribution < -0.4 is 5.32 Å². The maximum Gasteiger partial charge on any atom is 0.352 e. The van der Waals surface area contributed by atoms with Crippen LogP contribution in [0.15, 0.2) is 48.5 Å². The number of amides is 1. The first-order valence-corrected chi connectivity index (χ1v) is 8.28. The largest absolute Gasteiger partial charge is 0.477 e. The molecule has 5 nitrogen and oxygen atoms in total. The van der Waals surface area contributed by atoms with Gasteiger partial charge in [0.2, 0.25) is 5.91 Å². The predicted molar refractivity (Wildman–Crippen MR) is 98.4 cm³/mol. The van der Waals surface area contributed by atoms with E-state index in [4.69, 9.17) is 11.6 Å². The Balaban J connectivity index is 1.99. The summed E-state index contributed by atoms with van der Waals surface area (Å²) in [6.45, 7) is 2.40. The average Bonchev–Trinajstić information content (AvgIpc) is 2.88. The van der Waals surface area contributed by atoms with Gasteiger partial charge in [-0.25, -0.2) is 4.79 Å². The molecule has 1 amide bonds. The zero-order valence-corrected chi connectivity index (χ0v) is 14.4. The molecule has 0 bridgehead atoms. The zero-order valence-electron chi connectivity index (χ0n) is 13.6. The molecule has 0 atom stereocenters. The number of anilines is 1. The van der Waals surface area contributed by atoms with E-state index < -0.39 is 5.97 Å². The minimum atomic E-state index is -1.04. The number of hydrogen-bond acceptors (Lipinski definition) is 2. The number of fused-ring (bicyclic) bond motifs is 1. The van der Waals surface area contributed by atoms with Gasteiger partial charge in [0.1, 0.15) is 5.69 Å². The highest BCUT2D eigenvalue weighted by Crippen LogP contribution is 2.27. The lowest BCUT2D eigenvalue weighted by Gasteiger charge is -2.07. The second kappa shape index (κ2) is 6.99. The molecular weight excluding hydrogens is 340 g/mol. The van der Waals surface area contributed by atoms with Gasteiger partial charge in [-0.3, -0.25) is 4.79 Å². The summed E-state index contributed by atoms with van der Waals surface area (Å²) >= 11 is 5.92. The Labute approximate surface area is 149 Å². The molecule has 1 aromatic heterocycles. The van der Waals surface area contributed by atoms with Gasteiger partial charge in [0, 0.05) is 33.7 Å². The second-order valence-corrected chi connectivity index (χ2v) is 6.07. The minimum Gasteiger partial charge on any atom is -0.477 e. The van der Waals surface area contributed by atoms with Crippen LogP contribution in [-0.4, -0.2) is 21.6 Å². The smallest absolute Gasteiger partial charge is 0.352 e. The quantitative estimate of drug-likeness (QED) is 0.719. The van der Waals surface area contributed by atoms with Gasteiger partial charge in [-0.1, -0.05) is 35.9 Å². The summed E-state index contributed by atoms with van der Waals surface area (Å²) in [5.41, 5.74) is 2.07. The van der Waals surface area contributed by atoms with Gasteiger partial charge in [-0.05, 0) is 31.2 Å². The molecule has 3 aromatic rings. The van der Waals surface area contributed by atoms with E-state index in [0.717, 1.165) is 10.9 Å². The van der Waals surface area contributed by atoms with E-state index in [-0.39, 0.29) is 18.0 Å². The van der Waals surface area contributed by atoms with Crippen molar-refractivity contribution in [1.82, 2.24) is 4.57 Å². The molecule has 6 heteroatoms. The number of benzene rings is 2. The standard InChI is InChI=1S/C19H17ClN2O3/c1-2-22-16-9-4-3-8-14(16)15(18(22)19(24)25)11-17(23)21-13-7-5-6-12(20)10-13/h3-10H,2,11H2,1H3,(H,21,23)(H,24,25). The molecule has 2 aromatic carbocycles. The van der Waals surface area contributed by atoms with E-state index in [2.05, 4.69) is 5.32 Å². The van der Waals surface area contributed by atoms with Crippen molar-refractivity contribution in [2.24, 2.45) is 0 Å². The van der Waals surface area contributed by atoms with Crippen molar-refractivity contribution in [3.63, 3.8) is 0 Å². The minimum absolute atomic E-state index is 0.0261. The van der Waals surface area contributed by atoms with Crippen LogP contribution in [0.4, 0.5) is 5.69 Å². The summed E-state index contributed by atoms with van der Waals surface area (Å²) in [5, 5.41) is 13.7. The summed E-state index contributed by atoms with van der Waals surface area (Å²) in [6, 6.07) is 14.2. The van der Waals surface area contributed by atoms with Crippen molar-refractivity contribution in [2.75, 3.05) is 5.32 Å². The van der Waals surface area contributed by atoms with E-state index in [1.807, 2.05) is 31.2 Å². The number of halogens is 1. The van der Waals surface area contributed by atoms with Crippen LogP contribution in [0, 0.1) is 0 Å². The molecule has 0 saturated heterocycles. The summed E-state index contributed by atoms with van der Waals surface area (Å²) in [4.78, 5) is 24.2. The van der Waals surface area contributed by atoms with Crippen LogP contribution in [0.3, 0.4) is 0 Å². The Kier molecular flexibility index (Phi) is 4.76. The van der Waals surface area contributed by atoms with Crippen molar-refractivity contribution in [1.29, 1.82) is 0 Å². The molecule has 1 heterocycles. The normalized spacial score (nSPS) is 10.8. The highest BCUT2D eigenvalue weighted by molar-refractivity contribution is 6.30. The van der Waals surface area contributed by atoms with Crippen molar-refractivity contribution in [3.05, 3.63) is 64.8 Å². The van der Waals surface area contributed by atoms with Gasteiger partial charge in [0.05, 0.1) is 6.42 Å². The molecule has 0 spiro atoms. The predicted octanol–water partition coefficient (Wildman–Crippen LogP) is 4.19. The van der Waals surface area contributed by atoms with E-state index in [0.29, 0.717) is 22.8 Å². The molecule has 0 fully saturated rings. The fraction of sp³-hybridized carbons (Fsp3) is 0.158. The molecule has 0 aliphatic rings. The van der Waals surface area contributed by atoms with Crippen LogP contribution in [-0.2, 0) is 17.8 Å². The van der Waals surface area contributed by atoms with E-state index >= 15 is 0 Å². The number of carboxylic acid groups (broad SMARTS) is 1. The lowest BCUT2D eigenvalue weighted by molar-refractivity contribution is -0.115. The Morgan fingerprint density at radius 3 is 2.60 bits per heavy atom. The Morgan fingerprint density at radius 1 is 1.16 bits per heavy atom. The molecule has 0 saturated carbocycles. The fourth-order valence-corrected chi connectivity index (χ4v) is 3.25. The van der Waals surface area contributed by atoms with Crippen LogP contribution >= 0.6 is 11.6 Å². The summed E-state index contributed by atoms with van der Waals surface area (Å²) < 4.78 is 1.72. The lowest BCUT2D eigenvalue weighted by Crippen LogP contribution is -2.17. The maximum atomic E-state index is 12.5. The van der Waals surface area contributed by atoms with Gasteiger partial charge in [0.25, 0.3) is 0 Å². The van der Waals surface area contributed by atoms with E-state index in [1.165, 1.54) is 0 Å². The van der Waals surface area contributed by atoms with Crippen LogP contribution in [0.5, 0.6) is 0 Å². The highest BCUT2D eigenvalue weighted by Gasteiger charge is 2.23. The number of rotatable bonds is 5. The summed E-state index contributed by atoms with van der Waals surface area (Å²) in [6.07, 6.45) is -0.0261. The van der Waals surface area contributed by atoms with E-state index in [1.54, 1.807) is 28.8 Å². The first-order valence-electron chi connectivity index (χ1n) is 7.90. The van der Waals surface area contributed by atoms with Gasteiger partial charge < -0.3 is 15.0 Å². The molecule has 0 aliphatic heterocycles. The third-order valence-electron chi connectivity index (χ3n) is 4.04. The average molecular weight is 357 g/mol. The number of hydrogen-bond donors (Lipinski definition) is 2. The van der Waals surface area contributed by atoms with Gasteiger partial charge in [0.15, 0.2) is 0 Å². The molecule has 0 aliphatic carbocycles. The van der Waals surface area contributed by atoms with Crippen LogP contribution in [0.2, 0.25) is 5.02 Å². The number of aromatic nitrogens is 1. The van der Waals surface area contributed by atoms with Crippen LogP contribution in [0.1, 0.15) is 23.0 Å². The molecule has 2 N–H and O–H groups in total. The number of nitrogens with one attached hydrogen (secondary N) is 1. The van der Waals surface area contributed by atoms with Gasteiger partial charge >= 0.3 is 5.97 Å². The number of aromatic carboxylic acids is 1. The van der Waals surface area contributed by atoms with Crippen molar-refractivity contribution < 1.29 is 14.7 Å². The first-order chi connectivity index (χ1) is 12.0. The van der Waals surface area contributed by atoms with Crippen molar-refractivity contribution in [3.8, 4) is 0 Å². The fourth-order valence-electron chi connectivity index (χ4n) is 3.06. The molecule has 0 radical (unpaired) electrons. The third kappa shape index (κ3) is 3.37. The van der Waals surface area contributed by atoms with Crippen molar-refractivity contribution in [2.45, 2.75) is 19.9 Å². The maximum absolute atomic E-state index is 12.5. The number of carbonyl (C=O) groups excluding carboxylic acids is 1. The Bertz CT molecular complexity index is 962. The van der Waals surface area contributed by atoms with Gasteiger partial charge in [-0.15, -0.1) is 0 Å². The number of para-hydroxylation sites is 1.